The molecule has 4 aromatic rings. The van der Waals surface area contributed by atoms with Crippen molar-refractivity contribution >= 4 is 22.7 Å². The summed E-state index contributed by atoms with van der Waals surface area (Å²) < 4.78 is 16.3. The third-order valence-corrected chi connectivity index (χ3v) is 4.52. The molecule has 1 N–H and O–H groups in total. The van der Waals surface area contributed by atoms with Crippen molar-refractivity contribution in [2.75, 3.05) is 19.5 Å². The van der Waals surface area contributed by atoms with Crippen LogP contribution in [-0.2, 0) is 11.2 Å². The molecule has 3 aromatic carbocycles. The number of nitrogens with one attached hydrogen (secondary N) is 1. The van der Waals surface area contributed by atoms with Gasteiger partial charge in [0.25, 0.3) is 0 Å². The second-order valence-corrected chi connectivity index (χ2v) is 6.48. The Labute approximate surface area is 168 Å². The first-order valence-corrected chi connectivity index (χ1v) is 9.13. The van der Waals surface area contributed by atoms with Crippen LogP contribution in [0.4, 0.5) is 5.69 Å². The normalized spacial score (nSPS) is 10.7. The number of hydrogen-bond donors (Lipinski definition) is 1. The zero-order chi connectivity index (χ0) is 20.2. The van der Waals surface area contributed by atoms with Crippen molar-refractivity contribution in [3.8, 4) is 23.0 Å². The lowest BCUT2D eigenvalue weighted by atomic mass is 10.1. The Kier molecular flexibility index (Phi) is 5.16. The highest BCUT2D eigenvalue weighted by molar-refractivity contribution is 5.92. The van der Waals surface area contributed by atoms with Crippen LogP contribution < -0.4 is 14.8 Å². The van der Waals surface area contributed by atoms with E-state index in [0.717, 1.165) is 22.2 Å². The number of ether oxygens (including phenoxy) is 2. The lowest BCUT2D eigenvalue weighted by Gasteiger charge is -2.10. The standard InChI is InChI=1S/C23H20N2O4/c1-27-20-12-7-15(13-21(20)28-2)14-22(26)24-17-10-8-16(9-11-17)23-25-18-5-3-4-6-19(18)29-23/h3-13H,14H2,1-2H3,(H,24,26). The second-order valence-electron chi connectivity index (χ2n) is 6.48. The van der Waals surface area contributed by atoms with Crippen molar-refractivity contribution in [1.82, 2.24) is 4.98 Å². The summed E-state index contributed by atoms with van der Waals surface area (Å²) in [6.07, 6.45) is 0.229. The van der Waals surface area contributed by atoms with Gasteiger partial charge in [-0.25, -0.2) is 4.98 Å². The van der Waals surface area contributed by atoms with Crippen LogP contribution in [-0.4, -0.2) is 25.1 Å². The largest absolute Gasteiger partial charge is 0.493 e. The van der Waals surface area contributed by atoms with Crippen LogP contribution >= 0.6 is 0 Å². The van der Waals surface area contributed by atoms with Crippen molar-refractivity contribution in [2.24, 2.45) is 0 Å². The lowest BCUT2D eigenvalue weighted by molar-refractivity contribution is -0.115. The van der Waals surface area contributed by atoms with Crippen molar-refractivity contribution in [3.63, 3.8) is 0 Å². The van der Waals surface area contributed by atoms with Gasteiger partial charge in [-0.3, -0.25) is 4.79 Å². The molecular formula is C23H20N2O4. The fraction of sp³-hybridized carbons (Fsp3) is 0.130. The van der Waals surface area contributed by atoms with Gasteiger partial charge in [-0.1, -0.05) is 18.2 Å². The number of oxazole rings is 1. The number of aromatic nitrogens is 1. The number of nitrogens with zero attached hydrogens (tertiary/aromatic N) is 1. The molecule has 0 saturated carbocycles. The Morgan fingerprint density at radius 2 is 1.72 bits per heavy atom. The van der Waals surface area contributed by atoms with Crippen LogP contribution in [0.1, 0.15) is 5.56 Å². The van der Waals surface area contributed by atoms with Crippen molar-refractivity contribution in [1.29, 1.82) is 0 Å². The van der Waals surface area contributed by atoms with Crippen LogP contribution in [0.2, 0.25) is 0 Å². The van der Waals surface area contributed by atoms with Gasteiger partial charge in [0, 0.05) is 11.3 Å². The van der Waals surface area contributed by atoms with Crippen LogP contribution in [0, 0.1) is 0 Å². The van der Waals surface area contributed by atoms with Crippen molar-refractivity contribution in [2.45, 2.75) is 6.42 Å². The van der Waals surface area contributed by atoms with Gasteiger partial charge >= 0.3 is 0 Å². The molecule has 0 saturated heterocycles. The fourth-order valence-electron chi connectivity index (χ4n) is 3.07. The number of hydrogen-bond acceptors (Lipinski definition) is 5. The van der Waals surface area contributed by atoms with Gasteiger partial charge in [-0.05, 0) is 54.1 Å². The molecule has 6 nitrogen and oxygen atoms in total. The zero-order valence-electron chi connectivity index (χ0n) is 16.1. The summed E-state index contributed by atoms with van der Waals surface area (Å²) in [5.74, 6) is 1.66. The number of amides is 1. The second kappa shape index (κ2) is 8.06. The maximum atomic E-state index is 12.4. The maximum absolute atomic E-state index is 12.4. The topological polar surface area (TPSA) is 73.6 Å². The first kappa shape index (κ1) is 18.6. The van der Waals surface area contributed by atoms with Gasteiger partial charge in [-0.15, -0.1) is 0 Å². The smallest absolute Gasteiger partial charge is 0.228 e. The number of rotatable bonds is 6. The molecule has 0 radical (unpaired) electrons. The minimum absolute atomic E-state index is 0.119. The Hall–Kier alpha value is -3.80. The number of para-hydroxylation sites is 2. The van der Waals surface area contributed by atoms with Gasteiger partial charge in [0.05, 0.1) is 20.6 Å². The fourth-order valence-corrected chi connectivity index (χ4v) is 3.07. The average molecular weight is 388 g/mol. The van der Waals surface area contributed by atoms with E-state index in [4.69, 9.17) is 13.9 Å². The Morgan fingerprint density at radius 3 is 2.45 bits per heavy atom. The molecule has 1 amide bonds. The molecule has 29 heavy (non-hydrogen) atoms. The first-order chi connectivity index (χ1) is 14.2. The van der Waals surface area contributed by atoms with Crippen LogP contribution in [0.5, 0.6) is 11.5 Å². The molecule has 0 spiro atoms. The van der Waals surface area contributed by atoms with Gasteiger partial charge in [-0.2, -0.15) is 0 Å². The number of benzene rings is 3. The van der Waals surface area contributed by atoms with E-state index in [1.807, 2.05) is 54.6 Å². The number of methoxy groups -OCH3 is 2. The Balaban J connectivity index is 1.44. The summed E-state index contributed by atoms with van der Waals surface area (Å²) >= 11 is 0. The van der Waals surface area contributed by atoms with E-state index in [2.05, 4.69) is 10.3 Å². The molecule has 4 rings (SSSR count). The predicted octanol–water partition coefficient (Wildman–Crippen LogP) is 4.69. The molecule has 0 aliphatic carbocycles. The van der Waals surface area contributed by atoms with E-state index in [-0.39, 0.29) is 12.3 Å². The SMILES string of the molecule is COc1ccc(CC(=O)Nc2ccc(-c3nc4ccccc4o3)cc2)cc1OC. The highest BCUT2D eigenvalue weighted by Crippen LogP contribution is 2.28. The molecule has 1 aromatic heterocycles. The average Bonchev–Trinajstić information content (AvgIpc) is 3.18. The zero-order valence-corrected chi connectivity index (χ0v) is 16.1. The first-order valence-electron chi connectivity index (χ1n) is 9.13. The van der Waals surface area contributed by atoms with Crippen LogP contribution in [0.25, 0.3) is 22.6 Å². The molecule has 1 heterocycles. The van der Waals surface area contributed by atoms with E-state index in [1.165, 1.54) is 0 Å². The molecule has 0 atom stereocenters. The summed E-state index contributed by atoms with van der Waals surface area (Å²) in [6.45, 7) is 0. The minimum atomic E-state index is -0.119. The lowest BCUT2D eigenvalue weighted by Crippen LogP contribution is -2.14. The molecule has 0 fully saturated rings. The van der Waals surface area contributed by atoms with Crippen LogP contribution in [0.15, 0.2) is 71.1 Å². The van der Waals surface area contributed by atoms with Gasteiger partial charge in [0.2, 0.25) is 11.8 Å². The Bertz CT molecular complexity index is 1120. The molecule has 0 bridgehead atoms. The monoisotopic (exact) mass is 388 g/mol. The molecule has 6 heteroatoms. The van der Waals surface area contributed by atoms with Gasteiger partial charge < -0.3 is 19.2 Å². The Morgan fingerprint density at radius 1 is 0.966 bits per heavy atom. The highest BCUT2D eigenvalue weighted by Gasteiger charge is 2.10. The number of carbonyl (C=O) groups is 1. The molecular weight excluding hydrogens is 368 g/mol. The van der Waals surface area contributed by atoms with Gasteiger partial charge in [0.1, 0.15) is 5.52 Å². The third kappa shape index (κ3) is 4.06. The van der Waals surface area contributed by atoms with Gasteiger partial charge in [0.15, 0.2) is 17.1 Å². The minimum Gasteiger partial charge on any atom is -0.493 e. The van der Waals surface area contributed by atoms with E-state index >= 15 is 0 Å². The van der Waals surface area contributed by atoms with E-state index < -0.39 is 0 Å². The summed E-state index contributed by atoms with van der Waals surface area (Å²) in [5.41, 5.74) is 3.95. The maximum Gasteiger partial charge on any atom is 0.228 e. The summed E-state index contributed by atoms with van der Waals surface area (Å²) in [5, 5.41) is 2.90. The molecule has 0 aliphatic rings. The van der Waals surface area contributed by atoms with E-state index in [9.17, 15) is 4.79 Å². The summed E-state index contributed by atoms with van der Waals surface area (Å²) in [6, 6.07) is 20.5. The quantitative estimate of drug-likeness (QED) is 0.519. The molecule has 146 valence electrons. The molecule has 0 aliphatic heterocycles. The predicted molar refractivity (Wildman–Crippen MR) is 111 cm³/mol. The summed E-state index contributed by atoms with van der Waals surface area (Å²) in [7, 11) is 3.15. The van der Waals surface area contributed by atoms with Crippen LogP contribution in [0.3, 0.4) is 0 Å². The van der Waals surface area contributed by atoms with E-state index in [1.54, 1.807) is 26.4 Å². The number of fused-ring (bicyclic) bond motifs is 1. The van der Waals surface area contributed by atoms with Crippen molar-refractivity contribution in [3.05, 3.63) is 72.3 Å². The highest BCUT2D eigenvalue weighted by atomic mass is 16.5. The number of anilines is 1. The molecule has 0 unspecified atom stereocenters. The van der Waals surface area contributed by atoms with Crippen molar-refractivity contribution < 1.29 is 18.7 Å². The number of carbonyl (C=O) groups excluding carboxylic acids is 1. The third-order valence-electron chi connectivity index (χ3n) is 4.52. The van der Waals surface area contributed by atoms with E-state index in [0.29, 0.717) is 23.1 Å². The summed E-state index contributed by atoms with van der Waals surface area (Å²) in [4.78, 5) is 16.9.